The molecule has 22 heavy (non-hydrogen) atoms. The molecule has 0 saturated heterocycles. The van der Waals surface area contributed by atoms with Crippen molar-refractivity contribution in [2.24, 2.45) is 0 Å². The number of methoxy groups -OCH3 is 1. The summed E-state index contributed by atoms with van der Waals surface area (Å²) in [7, 11) is 1.31. The van der Waals surface area contributed by atoms with Crippen LogP contribution in [-0.4, -0.2) is 24.2 Å². The van der Waals surface area contributed by atoms with E-state index in [0.717, 1.165) is 6.07 Å². The monoisotopic (exact) mass is 347 g/mol. The molecule has 0 aliphatic carbocycles. The third-order valence-corrected chi connectivity index (χ3v) is 4.70. The smallest absolute Gasteiger partial charge is 0.319 e. The number of esters is 1. The first-order valence-corrected chi connectivity index (χ1v) is 8.22. The molecule has 0 aliphatic heterocycles. The van der Waals surface area contributed by atoms with Crippen molar-refractivity contribution in [3.63, 3.8) is 0 Å². The van der Waals surface area contributed by atoms with Crippen molar-refractivity contribution in [3.8, 4) is 0 Å². The fraction of sp³-hybridized carbons (Fsp3) is 0.467. The first-order valence-electron chi connectivity index (χ1n) is 6.96. The van der Waals surface area contributed by atoms with Gasteiger partial charge in [-0.15, -0.1) is 11.8 Å². The van der Waals surface area contributed by atoms with Crippen molar-refractivity contribution >= 4 is 40.9 Å². The Hall–Kier alpha value is -1.27. The second kappa shape index (κ2) is 9.00. The van der Waals surface area contributed by atoms with E-state index < -0.39 is 11.1 Å². The summed E-state index contributed by atoms with van der Waals surface area (Å²) in [5.41, 5.74) is 0.0602. The summed E-state index contributed by atoms with van der Waals surface area (Å²) < 4.78 is 18.6. The van der Waals surface area contributed by atoms with Crippen molar-refractivity contribution in [2.45, 2.75) is 43.3 Å². The van der Waals surface area contributed by atoms with Crippen molar-refractivity contribution in [3.05, 3.63) is 23.0 Å². The molecule has 1 aromatic rings. The number of carbonyl (C=O) groups excluding carboxylic acids is 2. The van der Waals surface area contributed by atoms with Gasteiger partial charge in [0.05, 0.1) is 17.8 Å². The van der Waals surface area contributed by atoms with Crippen LogP contribution in [0.25, 0.3) is 0 Å². The normalized spacial score (nSPS) is 11.9. The largest absolute Gasteiger partial charge is 0.468 e. The lowest BCUT2D eigenvalue weighted by Crippen LogP contribution is -2.18. The third kappa shape index (κ3) is 5.18. The fourth-order valence-corrected chi connectivity index (χ4v) is 3.04. The first kappa shape index (κ1) is 18.8. The highest BCUT2D eigenvalue weighted by atomic mass is 35.5. The third-order valence-electron chi connectivity index (χ3n) is 2.88. The van der Waals surface area contributed by atoms with Gasteiger partial charge in [-0.3, -0.25) is 9.59 Å². The van der Waals surface area contributed by atoms with Crippen molar-refractivity contribution in [1.82, 2.24) is 0 Å². The van der Waals surface area contributed by atoms with Crippen molar-refractivity contribution in [2.75, 3.05) is 12.4 Å². The lowest BCUT2D eigenvalue weighted by atomic mass is 10.2. The molecule has 0 spiro atoms. The Bertz CT molecular complexity index is 554. The molecule has 0 aromatic heterocycles. The van der Waals surface area contributed by atoms with Crippen LogP contribution >= 0.6 is 23.4 Å². The number of nitrogens with one attached hydrogen (secondary N) is 1. The van der Waals surface area contributed by atoms with E-state index in [9.17, 15) is 14.0 Å². The minimum atomic E-state index is -0.607. The van der Waals surface area contributed by atoms with E-state index in [1.807, 2.05) is 13.8 Å². The summed E-state index contributed by atoms with van der Waals surface area (Å²) in [6, 6.07) is 2.58. The minimum absolute atomic E-state index is 0.0602. The van der Waals surface area contributed by atoms with E-state index in [0.29, 0.717) is 24.2 Å². The zero-order chi connectivity index (χ0) is 16.7. The zero-order valence-corrected chi connectivity index (χ0v) is 14.3. The molecule has 0 heterocycles. The molecule has 1 rings (SSSR count). The predicted octanol–water partition coefficient (Wildman–Crippen LogP) is 4.26. The molecule has 1 atom stereocenters. The van der Waals surface area contributed by atoms with Gasteiger partial charge in [0.25, 0.3) is 0 Å². The summed E-state index contributed by atoms with van der Waals surface area (Å²) in [4.78, 5) is 23.8. The summed E-state index contributed by atoms with van der Waals surface area (Å²) in [5.74, 6) is -1.24. The number of anilines is 1. The Kier molecular flexibility index (Phi) is 7.68. The van der Waals surface area contributed by atoms with Crippen LogP contribution in [0.1, 0.15) is 33.1 Å². The number of carbonyl (C=O) groups is 2. The van der Waals surface area contributed by atoms with E-state index in [1.165, 1.54) is 24.9 Å². The Morgan fingerprint density at radius 1 is 1.41 bits per heavy atom. The number of thioether (sulfide) groups is 1. The van der Waals surface area contributed by atoms with E-state index in [-0.39, 0.29) is 22.6 Å². The molecule has 1 aromatic carbocycles. The van der Waals surface area contributed by atoms with Crippen LogP contribution < -0.4 is 5.32 Å². The maximum atomic E-state index is 13.9. The van der Waals surface area contributed by atoms with Gasteiger partial charge in [-0.1, -0.05) is 25.4 Å². The van der Waals surface area contributed by atoms with Crippen LogP contribution in [0, 0.1) is 5.82 Å². The van der Waals surface area contributed by atoms with E-state index in [2.05, 4.69) is 5.32 Å². The lowest BCUT2D eigenvalue weighted by Gasteiger charge is -2.15. The summed E-state index contributed by atoms with van der Waals surface area (Å²) in [6.45, 7) is 3.71. The Labute approximate surface area is 138 Å². The van der Waals surface area contributed by atoms with Crippen LogP contribution in [-0.2, 0) is 14.3 Å². The Balaban J connectivity index is 3.00. The average Bonchev–Trinajstić information content (AvgIpc) is 2.48. The molecule has 0 saturated carbocycles. The average molecular weight is 348 g/mol. The second-order valence-electron chi connectivity index (χ2n) is 4.60. The molecular formula is C15H19ClFNO3S. The highest BCUT2D eigenvalue weighted by Crippen LogP contribution is 2.35. The van der Waals surface area contributed by atoms with Crippen LogP contribution in [0.15, 0.2) is 17.0 Å². The van der Waals surface area contributed by atoms with E-state index >= 15 is 0 Å². The highest BCUT2D eigenvalue weighted by Gasteiger charge is 2.21. The molecule has 4 nitrogen and oxygen atoms in total. The fourth-order valence-electron chi connectivity index (χ4n) is 1.74. The number of ether oxygens (including phenoxy) is 1. The van der Waals surface area contributed by atoms with Gasteiger partial charge in [0.1, 0.15) is 11.1 Å². The molecule has 0 aliphatic rings. The second-order valence-corrected chi connectivity index (χ2v) is 6.25. The molecule has 0 radical (unpaired) electrons. The van der Waals surface area contributed by atoms with Gasteiger partial charge < -0.3 is 10.1 Å². The van der Waals surface area contributed by atoms with Crippen LogP contribution in [0.3, 0.4) is 0 Å². The van der Waals surface area contributed by atoms with Gasteiger partial charge in [-0.05, 0) is 25.0 Å². The lowest BCUT2D eigenvalue weighted by molar-refractivity contribution is -0.140. The van der Waals surface area contributed by atoms with Gasteiger partial charge in [0.2, 0.25) is 5.91 Å². The van der Waals surface area contributed by atoms with Gasteiger partial charge in [-0.2, -0.15) is 0 Å². The molecule has 0 fully saturated rings. The van der Waals surface area contributed by atoms with Gasteiger partial charge in [0, 0.05) is 11.3 Å². The quantitative estimate of drug-likeness (QED) is 0.591. The predicted molar refractivity (Wildman–Crippen MR) is 86.9 cm³/mol. The zero-order valence-electron chi connectivity index (χ0n) is 12.7. The van der Waals surface area contributed by atoms with Gasteiger partial charge in [-0.25, -0.2) is 4.39 Å². The Morgan fingerprint density at radius 2 is 2.09 bits per heavy atom. The Morgan fingerprint density at radius 3 is 2.64 bits per heavy atom. The topological polar surface area (TPSA) is 55.4 Å². The minimum Gasteiger partial charge on any atom is -0.468 e. The molecule has 122 valence electrons. The standard InChI is InChI=1S/C15H19ClFNO3S/c1-4-6-14(19)18-11-8-13(9(16)7-10(11)17)22-12(5-2)15(20)21-3/h7-8,12H,4-6H2,1-3H3,(H,18,19). The SMILES string of the molecule is CCCC(=O)Nc1cc(SC(CC)C(=O)OC)c(Cl)cc1F. The van der Waals surface area contributed by atoms with Crippen LogP contribution in [0.5, 0.6) is 0 Å². The molecular weight excluding hydrogens is 329 g/mol. The van der Waals surface area contributed by atoms with E-state index in [4.69, 9.17) is 16.3 Å². The van der Waals surface area contributed by atoms with Crippen LogP contribution in [0.2, 0.25) is 5.02 Å². The maximum Gasteiger partial charge on any atom is 0.319 e. The summed E-state index contributed by atoms with van der Waals surface area (Å²) in [6.07, 6.45) is 1.52. The number of benzene rings is 1. The molecule has 1 amide bonds. The van der Waals surface area contributed by atoms with Crippen molar-refractivity contribution < 1.29 is 18.7 Å². The molecule has 1 unspecified atom stereocenters. The molecule has 1 N–H and O–H groups in total. The molecule has 0 bridgehead atoms. The molecule has 7 heteroatoms. The number of halogens is 2. The number of amides is 1. The highest BCUT2D eigenvalue weighted by molar-refractivity contribution is 8.00. The maximum absolute atomic E-state index is 13.9. The number of hydrogen-bond donors (Lipinski definition) is 1. The van der Waals surface area contributed by atoms with Gasteiger partial charge >= 0.3 is 5.97 Å². The number of hydrogen-bond acceptors (Lipinski definition) is 4. The van der Waals surface area contributed by atoms with Crippen molar-refractivity contribution in [1.29, 1.82) is 0 Å². The van der Waals surface area contributed by atoms with Crippen LogP contribution in [0.4, 0.5) is 10.1 Å². The van der Waals surface area contributed by atoms with Gasteiger partial charge in [0.15, 0.2) is 0 Å². The number of rotatable bonds is 7. The summed E-state index contributed by atoms with van der Waals surface area (Å²) >= 11 is 7.21. The van der Waals surface area contributed by atoms with E-state index in [1.54, 1.807) is 0 Å². The first-order chi connectivity index (χ1) is 10.4. The summed E-state index contributed by atoms with van der Waals surface area (Å²) in [5, 5.41) is 2.27.